The molecule has 110 valence electrons. The normalized spacial score (nSPS) is 10.4. The lowest BCUT2D eigenvalue weighted by molar-refractivity contribution is 0.0468. The van der Waals surface area contributed by atoms with Crippen LogP contribution in [0.25, 0.3) is 10.6 Å². The van der Waals surface area contributed by atoms with E-state index in [9.17, 15) is 4.79 Å². The van der Waals surface area contributed by atoms with E-state index in [1.807, 2.05) is 35.7 Å². The van der Waals surface area contributed by atoms with Crippen molar-refractivity contribution in [2.45, 2.75) is 13.5 Å². The summed E-state index contributed by atoms with van der Waals surface area (Å²) in [5.74, 6) is -0.328. The smallest absolute Gasteiger partial charge is 0.338 e. The molecule has 0 aliphatic carbocycles. The predicted molar refractivity (Wildman–Crippen MR) is 87.8 cm³/mol. The number of benzene rings is 2. The molecule has 4 heteroatoms. The third-order valence-corrected chi connectivity index (χ3v) is 4.15. The fourth-order valence-corrected chi connectivity index (χ4v) is 2.81. The maximum Gasteiger partial charge on any atom is 0.338 e. The Morgan fingerprint density at radius 3 is 2.55 bits per heavy atom. The zero-order valence-corrected chi connectivity index (χ0v) is 13.0. The number of carbonyl (C=O) groups excluding carboxylic acids is 1. The molecule has 3 aromatic rings. The van der Waals surface area contributed by atoms with Gasteiger partial charge in [-0.05, 0) is 19.1 Å². The van der Waals surface area contributed by atoms with E-state index in [-0.39, 0.29) is 12.6 Å². The topological polar surface area (TPSA) is 39.2 Å². The molecule has 0 fully saturated rings. The molecule has 3 nitrogen and oxygen atoms in total. The molecule has 0 amide bonds. The highest BCUT2D eigenvalue weighted by atomic mass is 32.1. The average molecular weight is 309 g/mol. The van der Waals surface area contributed by atoms with Gasteiger partial charge in [0.25, 0.3) is 0 Å². The number of esters is 1. The number of ether oxygens (including phenoxy) is 1. The summed E-state index contributed by atoms with van der Waals surface area (Å²) in [5, 5.41) is 2.86. The van der Waals surface area contributed by atoms with E-state index in [2.05, 4.69) is 24.0 Å². The molecule has 0 unspecified atom stereocenters. The lowest BCUT2D eigenvalue weighted by Gasteiger charge is -2.02. The van der Waals surface area contributed by atoms with Gasteiger partial charge in [-0.1, -0.05) is 48.0 Å². The summed E-state index contributed by atoms with van der Waals surface area (Å²) in [6.45, 7) is 2.25. The van der Waals surface area contributed by atoms with Gasteiger partial charge in [0.1, 0.15) is 11.6 Å². The average Bonchev–Trinajstić information content (AvgIpc) is 3.03. The van der Waals surface area contributed by atoms with Gasteiger partial charge in [-0.25, -0.2) is 9.78 Å². The van der Waals surface area contributed by atoms with E-state index in [4.69, 9.17) is 4.74 Å². The van der Waals surface area contributed by atoms with Crippen molar-refractivity contribution in [1.29, 1.82) is 0 Å². The van der Waals surface area contributed by atoms with Crippen LogP contribution in [0.3, 0.4) is 0 Å². The number of nitrogens with zero attached hydrogens (tertiary/aromatic N) is 1. The highest BCUT2D eigenvalue weighted by Gasteiger charge is 2.09. The van der Waals surface area contributed by atoms with Crippen LogP contribution in [0.2, 0.25) is 0 Å². The molecule has 0 atom stereocenters. The van der Waals surface area contributed by atoms with Crippen molar-refractivity contribution in [3.05, 3.63) is 76.8 Å². The van der Waals surface area contributed by atoms with E-state index in [0.717, 1.165) is 16.3 Å². The van der Waals surface area contributed by atoms with Crippen molar-refractivity contribution in [3.8, 4) is 10.6 Å². The molecular weight excluding hydrogens is 294 g/mol. The monoisotopic (exact) mass is 309 g/mol. The Morgan fingerprint density at radius 2 is 1.82 bits per heavy atom. The molecular formula is C18H15NO2S. The molecule has 0 bridgehead atoms. The first-order chi connectivity index (χ1) is 10.7. The second-order valence-corrected chi connectivity index (χ2v) is 5.81. The first-order valence-electron chi connectivity index (χ1n) is 6.96. The summed E-state index contributed by atoms with van der Waals surface area (Å²) >= 11 is 1.55. The van der Waals surface area contributed by atoms with Gasteiger partial charge in [0.05, 0.1) is 11.3 Å². The number of hydrogen-bond acceptors (Lipinski definition) is 4. The van der Waals surface area contributed by atoms with Crippen molar-refractivity contribution in [2.75, 3.05) is 0 Å². The van der Waals surface area contributed by atoms with Crippen LogP contribution < -0.4 is 0 Å². The van der Waals surface area contributed by atoms with Crippen LogP contribution in [0.1, 0.15) is 21.6 Å². The zero-order chi connectivity index (χ0) is 15.4. The molecule has 1 heterocycles. The number of carbonyl (C=O) groups is 1. The van der Waals surface area contributed by atoms with Crippen LogP contribution in [0.15, 0.2) is 60.0 Å². The van der Waals surface area contributed by atoms with Crippen molar-refractivity contribution in [1.82, 2.24) is 4.98 Å². The third kappa shape index (κ3) is 3.40. The van der Waals surface area contributed by atoms with Crippen LogP contribution in [0.4, 0.5) is 0 Å². The van der Waals surface area contributed by atoms with Gasteiger partial charge < -0.3 is 4.74 Å². The van der Waals surface area contributed by atoms with Crippen LogP contribution in [-0.4, -0.2) is 11.0 Å². The van der Waals surface area contributed by atoms with Crippen molar-refractivity contribution >= 4 is 17.3 Å². The number of rotatable bonds is 4. The Bertz CT molecular complexity index is 763. The van der Waals surface area contributed by atoms with Gasteiger partial charge in [0, 0.05) is 10.9 Å². The van der Waals surface area contributed by atoms with Crippen LogP contribution in [-0.2, 0) is 11.3 Å². The molecule has 0 N–H and O–H groups in total. The zero-order valence-electron chi connectivity index (χ0n) is 12.2. The minimum Gasteiger partial charge on any atom is -0.456 e. The van der Waals surface area contributed by atoms with Crippen LogP contribution >= 0.6 is 11.3 Å². The minimum absolute atomic E-state index is 0.191. The van der Waals surface area contributed by atoms with Gasteiger partial charge in [-0.15, -0.1) is 11.3 Å². The Kier molecular flexibility index (Phi) is 4.30. The lowest BCUT2D eigenvalue weighted by Crippen LogP contribution is -2.05. The molecule has 0 radical (unpaired) electrons. The van der Waals surface area contributed by atoms with E-state index in [1.165, 1.54) is 5.56 Å². The summed E-state index contributed by atoms with van der Waals surface area (Å²) in [6.07, 6.45) is 0. The van der Waals surface area contributed by atoms with E-state index < -0.39 is 0 Å². The summed E-state index contributed by atoms with van der Waals surface area (Å²) in [6, 6.07) is 17.2. The lowest BCUT2D eigenvalue weighted by atomic mass is 10.2. The van der Waals surface area contributed by atoms with Gasteiger partial charge in [0.15, 0.2) is 0 Å². The van der Waals surface area contributed by atoms with Crippen LogP contribution in [0, 0.1) is 6.92 Å². The fourth-order valence-electron chi connectivity index (χ4n) is 2.00. The van der Waals surface area contributed by atoms with E-state index in [0.29, 0.717) is 5.56 Å². The van der Waals surface area contributed by atoms with Gasteiger partial charge in [-0.3, -0.25) is 0 Å². The Labute approximate surface area is 133 Å². The Hall–Kier alpha value is -2.46. The molecule has 0 saturated carbocycles. The number of hydrogen-bond donors (Lipinski definition) is 0. The minimum atomic E-state index is -0.328. The third-order valence-electron chi connectivity index (χ3n) is 3.21. The van der Waals surface area contributed by atoms with Crippen LogP contribution in [0.5, 0.6) is 0 Å². The van der Waals surface area contributed by atoms with Gasteiger partial charge in [0.2, 0.25) is 0 Å². The molecule has 0 aliphatic heterocycles. The van der Waals surface area contributed by atoms with E-state index in [1.54, 1.807) is 23.5 Å². The SMILES string of the molecule is Cc1ccc(-c2nc(COC(=O)c3ccccc3)cs2)cc1. The molecule has 3 rings (SSSR count). The van der Waals surface area contributed by atoms with Crippen molar-refractivity contribution < 1.29 is 9.53 Å². The number of aryl methyl sites for hydroxylation is 1. The maximum atomic E-state index is 11.9. The molecule has 0 saturated heterocycles. The van der Waals surface area contributed by atoms with E-state index >= 15 is 0 Å². The molecule has 22 heavy (non-hydrogen) atoms. The largest absolute Gasteiger partial charge is 0.456 e. The quantitative estimate of drug-likeness (QED) is 0.667. The first kappa shape index (κ1) is 14.5. The molecule has 0 spiro atoms. The van der Waals surface area contributed by atoms with Gasteiger partial charge >= 0.3 is 5.97 Å². The van der Waals surface area contributed by atoms with Gasteiger partial charge in [-0.2, -0.15) is 0 Å². The Balaban J connectivity index is 1.65. The van der Waals surface area contributed by atoms with Crippen molar-refractivity contribution in [2.24, 2.45) is 0 Å². The van der Waals surface area contributed by atoms with Crippen molar-refractivity contribution in [3.63, 3.8) is 0 Å². The predicted octanol–water partition coefficient (Wildman–Crippen LogP) is 4.48. The highest BCUT2D eigenvalue weighted by Crippen LogP contribution is 2.24. The second-order valence-electron chi connectivity index (χ2n) is 4.95. The molecule has 0 aliphatic rings. The fraction of sp³-hybridized carbons (Fsp3) is 0.111. The summed E-state index contributed by atoms with van der Waals surface area (Å²) in [7, 11) is 0. The first-order valence-corrected chi connectivity index (χ1v) is 7.84. The number of aromatic nitrogens is 1. The summed E-state index contributed by atoms with van der Waals surface area (Å²) in [4.78, 5) is 16.4. The Morgan fingerprint density at radius 1 is 1.09 bits per heavy atom. The molecule has 2 aromatic carbocycles. The summed E-state index contributed by atoms with van der Waals surface area (Å²) in [5.41, 5.74) is 3.62. The standard InChI is InChI=1S/C18H15NO2S/c1-13-7-9-14(10-8-13)17-19-16(12-22-17)11-21-18(20)15-5-3-2-4-6-15/h2-10,12H,11H2,1H3. The molecule has 1 aromatic heterocycles. The highest BCUT2D eigenvalue weighted by molar-refractivity contribution is 7.13. The maximum absolute atomic E-state index is 11.9. The summed E-state index contributed by atoms with van der Waals surface area (Å²) < 4.78 is 5.29. The number of thiazole rings is 1. The second kappa shape index (κ2) is 6.54.